The number of halogens is 2. The lowest BCUT2D eigenvalue weighted by atomic mass is 9.83. The molecule has 0 bridgehead atoms. The summed E-state index contributed by atoms with van der Waals surface area (Å²) in [6.45, 7) is 7.53. The summed E-state index contributed by atoms with van der Waals surface area (Å²) in [7, 11) is 0. The molecule has 4 aliphatic rings. The van der Waals surface area contributed by atoms with Gasteiger partial charge in [-0.3, -0.25) is 29.2 Å². The van der Waals surface area contributed by atoms with Crippen LogP contribution in [0.5, 0.6) is 0 Å². The first kappa shape index (κ1) is 40.1. The van der Waals surface area contributed by atoms with E-state index in [9.17, 15) is 9.59 Å². The summed E-state index contributed by atoms with van der Waals surface area (Å²) in [6.07, 6.45) is -0.636. The molecule has 1 spiro atoms. The van der Waals surface area contributed by atoms with E-state index in [0.29, 0.717) is 75.4 Å². The van der Waals surface area contributed by atoms with Gasteiger partial charge in [0.05, 0.1) is 25.3 Å². The number of Topliss-reactive ketones (excluding diaryl/α,β-unsaturated/α-hetero) is 1. The highest BCUT2D eigenvalue weighted by Crippen LogP contribution is 2.34. The standard InChI is InChI=1S/C45H52Cl2N6O4/c46-37-15-11-35(12-16-37)39(33-7-3-1-4-8-33)50-23-27-52(28-24-50)43-41(54)45(20-31-56-43)19-21-48-22-32-57-44(42(55)49-45)53-29-25-51(26-30-53)40(34-9-5-2-6-10-34)36-13-17-38(47)18-14-36/h1-18,39-40,43-44,48H,19-32H2,(H,49,55). The highest BCUT2D eigenvalue weighted by molar-refractivity contribution is 6.30. The Bertz CT molecular complexity index is 1930. The normalized spacial score (nSPS) is 26.1. The zero-order chi connectivity index (χ0) is 39.2. The Morgan fingerprint density at radius 3 is 1.51 bits per heavy atom. The van der Waals surface area contributed by atoms with Crippen LogP contribution in [0.4, 0.5) is 0 Å². The van der Waals surface area contributed by atoms with Gasteiger partial charge in [0, 0.05) is 75.4 Å². The summed E-state index contributed by atoms with van der Waals surface area (Å²) in [4.78, 5) is 38.3. The molecule has 0 aliphatic carbocycles. The number of nitrogens with zero attached hydrogens (tertiary/aromatic N) is 4. The SMILES string of the molecule is O=C1NC2(CCNCCOC1N1CCN(C(c3ccccc3)c3ccc(Cl)cc3)CC1)CCOC(N1CCN(C(c3ccccc3)c3ccc(Cl)cc3)CC1)C2=O. The molecule has 1 amide bonds. The summed E-state index contributed by atoms with van der Waals surface area (Å²) in [6, 6.07) is 37.3. The fraction of sp³-hybridized carbons (Fsp3) is 0.422. The van der Waals surface area contributed by atoms with Gasteiger partial charge < -0.3 is 20.1 Å². The molecule has 4 saturated heterocycles. The average molecular weight is 812 g/mol. The zero-order valence-corrected chi connectivity index (χ0v) is 33.8. The number of ketones is 1. The molecule has 4 fully saturated rings. The zero-order valence-electron chi connectivity index (χ0n) is 32.3. The number of hydrogen-bond donors (Lipinski definition) is 2. The van der Waals surface area contributed by atoms with Crippen LogP contribution in [0, 0.1) is 0 Å². The van der Waals surface area contributed by atoms with Gasteiger partial charge in [-0.25, -0.2) is 0 Å². The fourth-order valence-electron chi connectivity index (χ4n) is 9.05. The lowest BCUT2D eigenvalue weighted by molar-refractivity contribution is -0.172. The van der Waals surface area contributed by atoms with Crippen LogP contribution in [-0.2, 0) is 19.1 Å². The number of nitrogens with one attached hydrogen (secondary N) is 2. The lowest BCUT2D eigenvalue weighted by Gasteiger charge is -2.47. The van der Waals surface area contributed by atoms with Crippen LogP contribution < -0.4 is 10.6 Å². The molecule has 4 aliphatic heterocycles. The summed E-state index contributed by atoms with van der Waals surface area (Å²) < 4.78 is 12.6. The minimum atomic E-state index is -1.06. The van der Waals surface area contributed by atoms with Gasteiger partial charge in [-0.1, -0.05) is 108 Å². The predicted molar refractivity (Wildman–Crippen MR) is 223 cm³/mol. The Hall–Kier alpha value is -3.68. The number of rotatable bonds is 8. The molecule has 4 aromatic rings. The van der Waals surface area contributed by atoms with Crippen LogP contribution >= 0.6 is 23.2 Å². The molecule has 10 nitrogen and oxygen atoms in total. The van der Waals surface area contributed by atoms with Gasteiger partial charge in [-0.15, -0.1) is 0 Å². The van der Waals surface area contributed by atoms with Crippen molar-refractivity contribution in [2.24, 2.45) is 0 Å². The minimum Gasteiger partial charge on any atom is -0.355 e. The van der Waals surface area contributed by atoms with E-state index in [1.165, 1.54) is 22.3 Å². The Kier molecular flexibility index (Phi) is 13.0. The van der Waals surface area contributed by atoms with Crippen molar-refractivity contribution in [3.8, 4) is 0 Å². The quantitative estimate of drug-likeness (QED) is 0.236. The van der Waals surface area contributed by atoms with Gasteiger partial charge in [-0.05, 0) is 59.5 Å². The van der Waals surface area contributed by atoms with Crippen molar-refractivity contribution in [3.05, 3.63) is 141 Å². The van der Waals surface area contributed by atoms with E-state index in [4.69, 9.17) is 32.7 Å². The molecule has 8 rings (SSSR count). The van der Waals surface area contributed by atoms with Crippen molar-refractivity contribution >= 4 is 34.9 Å². The minimum absolute atomic E-state index is 0.0530. The molecule has 0 aromatic heterocycles. The van der Waals surface area contributed by atoms with E-state index in [0.717, 1.165) is 26.2 Å². The van der Waals surface area contributed by atoms with Gasteiger partial charge in [0.15, 0.2) is 12.5 Å². The molecule has 4 aromatic carbocycles. The Morgan fingerprint density at radius 2 is 1.00 bits per heavy atom. The second-order valence-electron chi connectivity index (χ2n) is 15.5. The molecule has 0 saturated carbocycles. The van der Waals surface area contributed by atoms with Crippen molar-refractivity contribution in [2.75, 3.05) is 78.7 Å². The third-order valence-corrected chi connectivity index (χ3v) is 12.6. The number of amides is 1. The fourth-order valence-corrected chi connectivity index (χ4v) is 9.30. The molecule has 2 N–H and O–H groups in total. The third-order valence-electron chi connectivity index (χ3n) is 12.1. The van der Waals surface area contributed by atoms with Gasteiger partial charge in [0.1, 0.15) is 5.54 Å². The van der Waals surface area contributed by atoms with Crippen LogP contribution in [0.15, 0.2) is 109 Å². The van der Waals surface area contributed by atoms with Gasteiger partial charge in [-0.2, -0.15) is 0 Å². The summed E-state index contributed by atoms with van der Waals surface area (Å²) >= 11 is 12.5. The van der Waals surface area contributed by atoms with Crippen molar-refractivity contribution in [1.82, 2.24) is 30.2 Å². The van der Waals surface area contributed by atoms with Crippen molar-refractivity contribution < 1.29 is 19.1 Å². The molecular formula is C45H52Cl2N6O4. The van der Waals surface area contributed by atoms with Crippen molar-refractivity contribution in [1.29, 1.82) is 0 Å². The molecule has 5 unspecified atom stereocenters. The maximum Gasteiger partial charge on any atom is 0.265 e. The second-order valence-corrected chi connectivity index (χ2v) is 16.4. The highest BCUT2D eigenvalue weighted by Gasteiger charge is 2.50. The summed E-state index contributed by atoms with van der Waals surface area (Å²) in [5.41, 5.74) is 3.71. The van der Waals surface area contributed by atoms with Gasteiger partial charge in [0.25, 0.3) is 5.91 Å². The van der Waals surface area contributed by atoms with Crippen molar-refractivity contribution in [3.63, 3.8) is 0 Å². The molecule has 57 heavy (non-hydrogen) atoms. The Balaban J connectivity index is 0.944. The number of ether oxygens (including phenoxy) is 2. The Labute approximate surface area is 346 Å². The van der Waals surface area contributed by atoms with Gasteiger partial charge >= 0.3 is 0 Å². The lowest BCUT2D eigenvalue weighted by Crippen LogP contribution is -2.69. The van der Waals surface area contributed by atoms with E-state index in [1.807, 2.05) is 36.4 Å². The maximum absolute atomic E-state index is 14.7. The molecule has 5 atom stereocenters. The summed E-state index contributed by atoms with van der Waals surface area (Å²) in [5.74, 6) is -0.331. The first-order chi connectivity index (χ1) is 27.9. The molecular weight excluding hydrogens is 759 g/mol. The molecule has 300 valence electrons. The topological polar surface area (TPSA) is 89.6 Å². The van der Waals surface area contributed by atoms with Crippen LogP contribution in [0.1, 0.15) is 47.2 Å². The molecule has 12 heteroatoms. The van der Waals surface area contributed by atoms with Crippen LogP contribution in [0.2, 0.25) is 10.0 Å². The number of carbonyl (C=O) groups is 2. The van der Waals surface area contributed by atoms with E-state index >= 15 is 0 Å². The summed E-state index contributed by atoms with van der Waals surface area (Å²) in [5, 5.41) is 8.17. The van der Waals surface area contributed by atoms with E-state index < -0.39 is 18.0 Å². The second kappa shape index (κ2) is 18.5. The Morgan fingerprint density at radius 1 is 0.544 bits per heavy atom. The number of hydrogen-bond acceptors (Lipinski definition) is 9. The van der Waals surface area contributed by atoms with Crippen LogP contribution in [0.3, 0.4) is 0 Å². The number of carbonyl (C=O) groups excluding carboxylic acids is 2. The van der Waals surface area contributed by atoms with E-state index in [-0.39, 0.29) is 23.8 Å². The smallest absolute Gasteiger partial charge is 0.265 e. The maximum atomic E-state index is 14.7. The first-order valence-electron chi connectivity index (χ1n) is 20.3. The predicted octanol–water partition coefficient (Wildman–Crippen LogP) is 5.61. The highest BCUT2D eigenvalue weighted by atomic mass is 35.5. The number of benzene rings is 4. The van der Waals surface area contributed by atoms with E-state index in [2.05, 4.69) is 103 Å². The van der Waals surface area contributed by atoms with Gasteiger partial charge in [0.2, 0.25) is 5.78 Å². The third kappa shape index (κ3) is 9.15. The monoisotopic (exact) mass is 810 g/mol. The van der Waals surface area contributed by atoms with Crippen LogP contribution in [0.25, 0.3) is 0 Å². The largest absolute Gasteiger partial charge is 0.355 e. The number of piperazine rings is 2. The van der Waals surface area contributed by atoms with E-state index in [1.54, 1.807) is 0 Å². The van der Waals surface area contributed by atoms with Crippen molar-refractivity contribution in [2.45, 2.75) is 42.9 Å². The molecule has 4 heterocycles. The van der Waals surface area contributed by atoms with Crippen LogP contribution in [-0.4, -0.2) is 128 Å². The first-order valence-corrected chi connectivity index (χ1v) is 21.0. The molecule has 0 radical (unpaired) electrons. The average Bonchev–Trinajstić information content (AvgIpc) is 3.24.